The number of hydrogen-bond acceptors (Lipinski definition) is 2. The second-order valence-electron chi connectivity index (χ2n) is 6.77. The molecule has 0 bridgehead atoms. The van der Waals surface area contributed by atoms with Crippen molar-refractivity contribution in [1.82, 2.24) is 0 Å². The number of phenolic OH excluding ortho intramolecular Hbond substituents is 2. The Bertz CT molecular complexity index is 720. The van der Waals surface area contributed by atoms with Gasteiger partial charge in [0.25, 0.3) is 0 Å². The molecule has 108 valence electrons. The predicted octanol–water partition coefficient (Wildman–Crippen LogP) is 3.93. The van der Waals surface area contributed by atoms with Crippen LogP contribution in [0.4, 0.5) is 0 Å². The Morgan fingerprint density at radius 1 is 0.905 bits per heavy atom. The number of phenols is 2. The number of aryl methyl sites for hydroxylation is 1. The topological polar surface area (TPSA) is 40.5 Å². The van der Waals surface area contributed by atoms with Crippen LogP contribution in [0.3, 0.4) is 0 Å². The average Bonchev–Trinajstić information content (AvgIpc) is 2.82. The monoisotopic (exact) mass is 280 g/mol. The SMILES string of the molecule is CC1c2cc(O)ccc2CCC12Cc1ccc(O)cc1C2. The Kier molecular flexibility index (Phi) is 2.59. The highest BCUT2D eigenvalue weighted by Gasteiger charge is 2.44. The summed E-state index contributed by atoms with van der Waals surface area (Å²) >= 11 is 0. The van der Waals surface area contributed by atoms with Crippen LogP contribution in [0.5, 0.6) is 11.5 Å². The normalized spacial score (nSPS) is 26.6. The predicted molar refractivity (Wildman–Crippen MR) is 82.8 cm³/mol. The third-order valence-electron chi connectivity index (χ3n) is 5.68. The van der Waals surface area contributed by atoms with E-state index >= 15 is 0 Å². The molecule has 2 heteroatoms. The molecule has 2 N–H and O–H groups in total. The van der Waals surface area contributed by atoms with Crippen molar-refractivity contribution in [2.24, 2.45) is 5.41 Å². The van der Waals surface area contributed by atoms with Gasteiger partial charge in [0.15, 0.2) is 0 Å². The van der Waals surface area contributed by atoms with Gasteiger partial charge in [-0.15, -0.1) is 0 Å². The van der Waals surface area contributed by atoms with Gasteiger partial charge in [0.2, 0.25) is 0 Å². The lowest BCUT2D eigenvalue weighted by atomic mass is 9.63. The van der Waals surface area contributed by atoms with Crippen LogP contribution in [0.15, 0.2) is 36.4 Å². The van der Waals surface area contributed by atoms with E-state index in [0.717, 1.165) is 19.3 Å². The summed E-state index contributed by atoms with van der Waals surface area (Å²) in [7, 11) is 0. The number of rotatable bonds is 0. The van der Waals surface area contributed by atoms with E-state index in [-0.39, 0.29) is 5.41 Å². The van der Waals surface area contributed by atoms with Crippen molar-refractivity contribution in [3.05, 3.63) is 58.7 Å². The zero-order chi connectivity index (χ0) is 14.6. The minimum absolute atomic E-state index is 0.247. The summed E-state index contributed by atoms with van der Waals surface area (Å²) in [5.41, 5.74) is 5.61. The first-order valence-corrected chi connectivity index (χ1v) is 7.70. The van der Waals surface area contributed by atoms with Gasteiger partial charge in [-0.25, -0.2) is 0 Å². The lowest BCUT2D eigenvalue weighted by molar-refractivity contribution is 0.211. The highest BCUT2D eigenvalue weighted by molar-refractivity contribution is 5.45. The van der Waals surface area contributed by atoms with Gasteiger partial charge in [0.1, 0.15) is 11.5 Å². The molecule has 2 aromatic carbocycles. The highest BCUT2D eigenvalue weighted by Crippen LogP contribution is 2.54. The molecule has 0 amide bonds. The second-order valence-corrected chi connectivity index (χ2v) is 6.77. The standard InChI is InChI=1S/C19H20O2/c1-12-18-9-17(21)4-2-13(18)6-7-19(12)10-14-3-5-16(20)8-15(14)11-19/h2-5,8-9,12,20-21H,6-7,10-11H2,1H3. The maximum absolute atomic E-state index is 9.81. The van der Waals surface area contributed by atoms with Crippen molar-refractivity contribution < 1.29 is 10.2 Å². The van der Waals surface area contributed by atoms with Crippen molar-refractivity contribution >= 4 is 0 Å². The van der Waals surface area contributed by atoms with E-state index in [2.05, 4.69) is 19.1 Å². The van der Waals surface area contributed by atoms with Gasteiger partial charge in [0.05, 0.1) is 0 Å². The molecule has 2 aliphatic carbocycles. The van der Waals surface area contributed by atoms with Crippen LogP contribution < -0.4 is 0 Å². The van der Waals surface area contributed by atoms with Crippen LogP contribution in [0.25, 0.3) is 0 Å². The fourth-order valence-corrected chi connectivity index (χ4v) is 4.40. The molecule has 0 aromatic heterocycles. The summed E-state index contributed by atoms with van der Waals surface area (Å²) in [4.78, 5) is 0. The van der Waals surface area contributed by atoms with Crippen LogP contribution in [0, 0.1) is 5.41 Å². The molecule has 0 radical (unpaired) electrons. The van der Waals surface area contributed by atoms with Crippen LogP contribution in [0.2, 0.25) is 0 Å². The molecule has 0 heterocycles. The van der Waals surface area contributed by atoms with Crippen LogP contribution in [0.1, 0.15) is 41.5 Å². The number of hydrogen-bond donors (Lipinski definition) is 2. The van der Waals surface area contributed by atoms with E-state index in [4.69, 9.17) is 0 Å². The summed E-state index contributed by atoms with van der Waals surface area (Å²) in [5.74, 6) is 1.17. The molecular weight excluding hydrogens is 260 g/mol. The van der Waals surface area contributed by atoms with Crippen LogP contribution in [-0.2, 0) is 19.3 Å². The molecule has 2 aliphatic rings. The Morgan fingerprint density at radius 2 is 1.57 bits per heavy atom. The molecule has 2 unspecified atom stereocenters. The van der Waals surface area contributed by atoms with Gasteiger partial charge in [-0.1, -0.05) is 19.1 Å². The lowest BCUT2D eigenvalue weighted by Crippen LogP contribution is -2.33. The second kappa shape index (κ2) is 4.27. The van der Waals surface area contributed by atoms with Gasteiger partial charge >= 0.3 is 0 Å². The first-order valence-electron chi connectivity index (χ1n) is 7.70. The Labute approximate surface area is 125 Å². The first-order chi connectivity index (χ1) is 10.1. The fraction of sp³-hybridized carbons (Fsp3) is 0.368. The molecule has 2 aromatic rings. The van der Waals surface area contributed by atoms with Crippen molar-refractivity contribution in [3.63, 3.8) is 0 Å². The third kappa shape index (κ3) is 1.85. The highest BCUT2D eigenvalue weighted by atomic mass is 16.3. The molecule has 0 saturated carbocycles. The van der Waals surface area contributed by atoms with Gasteiger partial charge in [-0.05, 0) is 83.5 Å². The van der Waals surface area contributed by atoms with Gasteiger partial charge in [-0.2, -0.15) is 0 Å². The Morgan fingerprint density at radius 3 is 2.38 bits per heavy atom. The molecule has 21 heavy (non-hydrogen) atoms. The van der Waals surface area contributed by atoms with Gasteiger partial charge < -0.3 is 10.2 Å². The lowest BCUT2D eigenvalue weighted by Gasteiger charge is -2.41. The minimum Gasteiger partial charge on any atom is -0.508 e. The number of fused-ring (bicyclic) bond motifs is 2. The van der Waals surface area contributed by atoms with Gasteiger partial charge in [0, 0.05) is 0 Å². The van der Waals surface area contributed by atoms with Gasteiger partial charge in [-0.3, -0.25) is 0 Å². The van der Waals surface area contributed by atoms with E-state index in [1.165, 1.54) is 28.7 Å². The van der Waals surface area contributed by atoms with Crippen molar-refractivity contribution in [2.75, 3.05) is 0 Å². The van der Waals surface area contributed by atoms with Crippen LogP contribution in [-0.4, -0.2) is 10.2 Å². The average molecular weight is 280 g/mol. The van der Waals surface area contributed by atoms with Crippen molar-refractivity contribution in [3.8, 4) is 11.5 Å². The van der Waals surface area contributed by atoms with E-state index in [1.54, 1.807) is 12.1 Å². The van der Waals surface area contributed by atoms with E-state index < -0.39 is 0 Å². The van der Waals surface area contributed by atoms with E-state index in [0.29, 0.717) is 17.4 Å². The molecule has 2 atom stereocenters. The smallest absolute Gasteiger partial charge is 0.115 e. The van der Waals surface area contributed by atoms with E-state index in [9.17, 15) is 10.2 Å². The summed E-state index contributed by atoms with van der Waals surface area (Å²) in [6.45, 7) is 2.29. The van der Waals surface area contributed by atoms with Crippen molar-refractivity contribution in [2.45, 2.75) is 38.5 Å². The minimum atomic E-state index is 0.247. The maximum atomic E-state index is 9.81. The molecule has 0 fully saturated rings. The molecule has 1 spiro atoms. The molecular formula is C19H20O2. The summed E-state index contributed by atoms with van der Waals surface area (Å²) < 4.78 is 0. The number of aromatic hydroxyl groups is 2. The fourth-order valence-electron chi connectivity index (χ4n) is 4.40. The Hall–Kier alpha value is -1.96. The summed E-state index contributed by atoms with van der Waals surface area (Å²) in [5, 5.41) is 19.5. The largest absolute Gasteiger partial charge is 0.508 e. The summed E-state index contributed by atoms with van der Waals surface area (Å²) in [6, 6.07) is 11.6. The van der Waals surface area contributed by atoms with E-state index in [1.807, 2.05) is 12.1 Å². The maximum Gasteiger partial charge on any atom is 0.115 e. The zero-order valence-electron chi connectivity index (χ0n) is 12.3. The Balaban J connectivity index is 1.75. The third-order valence-corrected chi connectivity index (χ3v) is 5.68. The summed E-state index contributed by atoms with van der Waals surface area (Å²) in [6.07, 6.45) is 4.38. The molecule has 4 rings (SSSR count). The number of benzene rings is 2. The molecule has 2 nitrogen and oxygen atoms in total. The molecule has 0 aliphatic heterocycles. The molecule has 0 saturated heterocycles. The van der Waals surface area contributed by atoms with Crippen molar-refractivity contribution in [1.29, 1.82) is 0 Å². The zero-order valence-corrected chi connectivity index (χ0v) is 12.3. The van der Waals surface area contributed by atoms with Crippen LogP contribution >= 0.6 is 0 Å². The first kappa shape index (κ1) is 12.8. The quantitative estimate of drug-likeness (QED) is 0.767.